The van der Waals surface area contributed by atoms with E-state index in [-0.39, 0.29) is 142 Å². The van der Waals surface area contributed by atoms with Gasteiger partial charge in [0.25, 0.3) is 0 Å². The van der Waals surface area contributed by atoms with Gasteiger partial charge in [0.05, 0.1) is 96.5 Å². The summed E-state index contributed by atoms with van der Waals surface area (Å²) in [5, 5.41) is 98.4. The van der Waals surface area contributed by atoms with Crippen molar-refractivity contribution in [3.05, 3.63) is 0 Å². The molecule has 0 aromatic rings. The number of ether oxygens (including phenoxy) is 11. The van der Waals surface area contributed by atoms with Crippen molar-refractivity contribution in [1.82, 2.24) is 20.9 Å². The van der Waals surface area contributed by atoms with Gasteiger partial charge in [0, 0.05) is 139 Å². The number of aliphatic hydroxyl groups excluding tert-OH is 9. The number of Topliss-reactive ketones (excluding diaryl/α,β-unsaturated/α-hetero) is 3. The van der Waals surface area contributed by atoms with Gasteiger partial charge in [0.15, 0.2) is 18.9 Å². The fourth-order valence-electron chi connectivity index (χ4n) is 16.0. The fourth-order valence-corrected chi connectivity index (χ4v) is 18.6. The lowest BCUT2D eigenvalue weighted by molar-refractivity contribution is -0.282. The van der Waals surface area contributed by atoms with Crippen molar-refractivity contribution < 1.29 is 141 Å². The van der Waals surface area contributed by atoms with Gasteiger partial charge in [0.2, 0.25) is 17.7 Å². The molecule has 0 radical (unpaired) electrons. The van der Waals surface area contributed by atoms with Crippen molar-refractivity contribution in [1.29, 1.82) is 0 Å². The zero-order chi connectivity index (χ0) is 91.1. The molecule has 720 valence electrons. The minimum Gasteiger partial charge on any atom is -0.466 e. The van der Waals surface area contributed by atoms with Gasteiger partial charge in [-0.2, -0.15) is 0 Å². The SMILES string of the molecule is COC[C@H]1C[C@H](OC)CN1C(=O)CCCCC(=O)CCC(C)(C)SSCCC(=O)CC(CCCOC(=O)CCCCCCCNC(=O)CCCOC1OC(CO)C(O)C(O)C1C)(CCCOC(=O)CCCCCCCNC(=O)CCCOC1OC(CO)C(O)C(O)C1C)CCCOC(=O)NCCCCCCCC(=O)CCCOC1OC(CO)C(O)C(O)C1C. The molecule has 4 rings (SSSR count). The summed E-state index contributed by atoms with van der Waals surface area (Å²) < 4.78 is 61.9. The molecule has 0 aromatic carbocycles. The van der Waals surface area contributed by atoms with Crippen LogP contribution >= 0.6 is 21.6 Å². The maximum absolute atomic E-state index is 14.4. The van der Waals surface area contributed by atoms with Gasteiger partial charge in [-0.1, -0.05) is 100 Å². The molecule has 0 spiro atoms. The lowest BCUT2D eigenvalue weighted by Crippen LogP contribution is -2.55. The predicted molar refractivity (Wildman–Crippen MR) is 466 cm³/mol. The maximum Gasteiger partial charge on any atom is 0.407 e. The molecule has 4 aliphatic rings. The van der Waals surface area contributed by atoms with Crippen LogP contribution in [-0.4, -0.2) is 307 Å². The van der Waals surface area contributed by atoms with Gasteiger partial charge in [0.1, 0.15) is 54.0 Å². The van der Waals surface area contributed by atoms with Crippen LogP contribution in [0.2, 0.25) is 0 Å². The van der Waals surface area contributed by atoms with E-state index in [0.717, 1.165) is 83.5 Å². The molecule has 124 heavy (non-hydrogen) atoms. The van der Waals surface area contributed by atoms with Crippen LogP contribution in [0.1, 0.15) is 285 Å². The van der Waals surface area contributed by atoms with E-state index in [1.807, 2.05) is 4.90 Å². The van der Waals surface area contributed by atoms with Gasteiger partial charge in [-0.15, -0.1) is 0 Å². The average Bonchev–Trinajstić information content (AvgIpc) is 1.17. The van der Waals surface area contributed by atoms with Gasteiger partial charge in [-0.05, 0) is 141 Å². The first kappa shape index (κ1) is 112. The molecule has 4 saturated heterocycles. The normalized spacial score (nSPS) is 25.2. The number of amides is 4. The van der Waals surface area contributed by atoms with Crippen LogP contribution in [-0.2, 0) is 90.5 Å². The fraction of sp³-hybridized carbons (Fsp3) is 0.899. The van der Waals surface area contributed by atoms with E-state index < -0.39 is 123 Å². The van der Waals surface area contributed by atoms with Gasteiger partial charge < -0.3 is 119 Å². The van der Waals surface area contributed by atoms with Crippen LogP contribution < -0.4 is 16.0 Å². The summed E-state index contributed by atoms with van der Waals surface area (Å²) in [5.74, 6) is -1.65. The monoisotopic (exact) mass is 1810 g/mol. The number of ketones is 3. The van der Waals surface area contributed by atoms with Crippen molar-refractivity contribution in [2.24, 2.45) is 23.2 Å². The molecule has 15 unspecified atom stereocenters. The van der Waals surface area contributed by atoms with E-state index in [1.165, 1.54) is 0 Å². The Morgan fingerprint density at radius 2 is 0.806 bits per heavy atom. The highest BCUT2D eigenvalue weighted by Gasteiger charge is 2.46. The van der Waals surface area contributed by atoms with Crippen LogP contribution in [0.4, 0.5) is 4.79 Å². The number of carbonyl (C=O) groups is 9. The molecule has 0 saturated carbocycles. The number of aliphatic hydroxyl groups is 9. The minimum atomic E-state index is -1.22. The molecule has 4 fully saturated rings. The molecule has 4 amide bonds. The summed E-state index contributed by atoms with van der Waals surface area (Å²) in [6.07, 6.45) is 8.53. The number of nitrogens with one attached hydrogen (secondary N) is 3. The number of methoxy groups -OCH3 is 2. The van der Waals surface area contributed by atoms with Crippen LogP contribution in [0.5, 0.6) is 0 Å². The summed E-state index contributed by atoms with van der Waals surface area (Å²) in [6.45, 7) is 11.1. The largest absolute Gasteiger partial charge is 0.466 e. The third kappa shape index (κ3) is 46.0. The standard InChI is InChI=1S/C89H158N4O29S2/c1-62-78(105)81(108)70(58-94)120-84(62)116-48-25-33-66(97)31-17-11-8-16-24-47-92-87(111)119-53-30-43-89(56-68(99)40-54-123-124-88(4,5)44-39-67(98)32-20-21-36-75(102)93-57-69(113-7)55-65(93)61-112-6,41-28-51-114-76(103)37-18-12-9-14-22-45-90-73(100)34-26-49-117-85-63(2)79(106)82(109)71(59-95)121-85)42-29-52-115-77(104)38-19-13-10-15-23-46-91-74(101)35-27-50-118-86-64(3)80(107)83(110)72(60-96)122-86/h62-65,69-72,78-86,94-96,105-110H,8-61H2,1-7H3,(H,90,100)(H,91,101)(H,92,111)/t62?,63?,64?,65-,69+,70?,71?,72?,78?,79?,80?,81?,82?,83?,84?,85?,86?,89?/m1/s1. The molecule has 0 bridgehead atoms. The predicted octanol–water partition coefficient (Wildman–Crippen LogP) is 8.25. The number of nitrogens with zero attached hydrogens (tertiary/aromatic N) is 1. The van der Waals surface area contributed by atoms with Crippen molar-refractivity contribution >= 4 is 74.7 Å². The van der Waals surface area contributed by atoms with E-state index in [9.17, 15) is 89.1 Å². The molecule has 4 heterocycles. The van der Waals surface area contributed by atoms with Crippen molar-refractivity contribution in [2.75, 3.05) is 112 Å². The molecule has 17 atom stereocenters. The summed E-state index contributed by atoms with van der Waals surface area (Å²) in [7, 11) is 6.49. The second kappa shape index (κ2) is 65.2. The second-order valence-electron chi connectivity index (χ2n) is 34.9. The van der Waals surface area contributed by atoms with E-state index in [2.05, 4.69) is 29.8 Å². The molecule has 0 aliphatic carbocycles. The number of alkyl carbamates (subject to hydrolysis) is 1. The van der Waals surface area contributed by atoms with E-state index in [0.29, 0.717) is 167 Å². The zero-order valence-corrected chi connectivity index (χ0v) is 77.1. The highest BCUT2D eigenvalue weighted by atomic mass is 33.1. The first-order valence-corrected chi connectivity index (χ1v) is 48.5. The number of carbonyl (C=O) groups excluding carboxylic acids is 9. The van der Waals surface area contributed by atoms with E-state index in [1.54, 1.807) is 56.6 Å². The minimum absolute atomic E-state index is 0.0220. The first-order valence-electron chi connectivity index (χ1n) is 46.2. The lowest BCUT2D eigenvalue weighted by atomic mass is 9.71. The molecular formula is C89H158N4O29S2. The molecule has 33 nitrogen and oxygen atoms in total. The Balaban J connectivity index is 1.28. The molecule has 12 N–H and O–H groups in total. The second-order valence-corrected chi connectivity index (χ2v) is 38.0. The quantitative estimate of drug-likeness (QED) is 0.0118. The highest BCUT2D eigenvalue weighted by molar-refractivity contribution is 8.77. The van der Waals surface area contributed by atoms with Crippen molar-refractivity contribution in [2.45, 2.75) is 376 Å². The summed E-state index contributed by atoms with van der Waals surface area (Å²) in [5.41, 5.74) is -0.655. The lowest BCUT2D eigenvalue weighted by Gasteiger charge is -2.40. The Morgan fingerprint density at radius 1 is 0.419 bits per heavy atom. The molecule has 0 aromatic heterocycles. The maximum atomic E-state index is 14.4. The molecule has 35 heteroatoms. The molecular weight excluding hydrogens is 1650 g/mol. The average molecular weight is 1810 g/mol. The zero-order valence-electron chi connectivity index (χ0n) is 75.5. The number of likely N-dealkylation sites (tertiary alicyclic amines) is 1. The Bertz CT molecular complexity index is 2740. The van der Waals surface area contributed by atoms with Crippen LogP contribution in [0, 0.1) is 23.2 Å². The van der Waals surface area contributed by atoms with Gasteiger partial charge in [-0.3, -0.25) is 38.4 Å². The summed E-state index contributed by atoms with van der Waals surface area (Å²) >= 11 is 0. The Kier molecular flexibility index (Phi) is 58.9. The number of hydrogen-bond donors (Lipinski definition) is 12. The van der Waals surface area contributed by atoms with Crippen LogP contribution in [0.25, 0.3) is 0 Å². The number of rotatable bonds is 72. The van der Waals surface area contributed by atoms with Gasteiger partial charge >= 0.3 is 18.0 Å². The number of esters is 2. The summed E-state index contributed by atoms with van der Waals surface area (Å²) in [4.78, 5) is 120. The third-order valence-electron chi connectivity index (χ3n) is 23.9. The van der Waals surface area contributed by atoms with Crippen LogP contribution in [0.3, 0.4) is 0 Å². The highest BCUT2D eigenvalue weighted by Crippen LogP contribution is 2.43. The number of hydrogen-bond acceptors (Lipinski definition) is 31. The Labute approximate surface area is 744 Å². The molecule has 4 aliphatic heterocycles. The van der Waals surface area contributed by atoms with E-state index in [4.69, 9.17) is 52.1 Å². The smallest absolute Gasteiger partial charge is 0.407 e. The van der Waals surface area contributed by atoms with Crippen LogP contribution in [0.15, 0.2) is 0 Å². The van der Waals surface area contributed by atoms with Crippen molar-refractivity contribution in [3.63, 3.8) is 0 Å². The number of unbranched alkanes of at least 4 members (excludes halogenated alkanes) is 13. The van der Waals surface area contributed by atoms with Crippen molar-refractivity contribution in [3.8, 4) is 0 Å². The van der Waals surface area contributed by atoms with Gasteiger partial charge in [-0.25, -0.2) is 4.79 Å². The Morgan fingerprint density at radius 3 is 1.25 bits per heavy atom. The Hall–Kier alpha value is -4.35. The third-order valence-corrected chi connectivity index (χ3v) is 27.2. The first-order chi connectivity index (χ1) is 59.5. The van der Waals surface area contributed by atoms with E-state index >= 15 is 0 Å². The topological polar surface area (TPSA) is 477 Å². The summed E-state index contributed by atoms with van der Waals surface area (Å²) in [6, 6.07) is -0.0250.